The lowest BCUT2D eigenvalue weighted by Gasteiger charge is -2.03. The molecule has 0 radical (unpaired) electrons. The number of rotatable bonds is 4. The summed E-state index contributed by atoms with van der Waals surface area (Å²) in [5.41, 5.74) is 1.80. The number of aromatic nitrogens is 2. The molecule has 0 unspecified atom stereocenters. The first-order valence-electron chi connectivity index (χ1n) is 6.99. The van der Waals surface area contributed by atoms with Gasteiger partial charge in [-0.05, 0) is 23.8 Å². The second-order valence-electron chi connectivity index (χ2n) is 4.63. The minimum Gasteiger partial charge on any atom is -0.308 e. The highest BCUT2D eigenvalue weighted by Gasteiger charge is 2.06. The van der Waals surface area contributed by atoms with E-state index < -0.39 is 0 Å². The molecule has 0 spiro atoms. The van der Waals surface area contributed by atoms with Crippen LogP contribution in [0.5, 0.6) is 0 Å². The highest BCUT2D eigenvalue weighted by atomic mass is 32.1. The van der Waals surface area contributed by atoms with Crippen molar-refractivity contribution in [2.24, 2.45) is 0 Å². The van der Waals surface area contributed by atoms with Crippen molar-refractivity contribution < 1.29 is 4.79 Å². The zero-order chi connectivity index (χ0) is 15.9. The minimum atomic E-state index is -0.342. The first-order chi connectivity index (χ1) is 11.3. The van der Waals surface area contributed by atoms with Crippen molar-refractivity contribution in [2.45, 2.75) is 0 Å². The lowest BCUT2D eigenvalue weighted by atomic mass is 10.2. The topological polar surface area (TPSA) is 66.9 Å². The highest BCUT2D eigenvalue weighted by molar-refractivity contribution is 7.16. The fourth-order valence-corrected chi connectivity index (χ4v) is 2.51. The van der Waals surface area contributed by atoms with Crippen LogP contribution in [0.1, 0.15) is 10.6 Å². The molecule has 0 saturated heterocycles. The Balaban J connectivity index is 1.59. The van der Waals surface area contributed by atoms with Gasteiger partial charge in [-0.3, -0.25) is 5.32 Å². The van der Waals surface area contributed by atoms with Gasteiger partial charge in [-0.25, -0.2) is 4.79 Å². The van der Waals surface area contributed by atoms with Crippen LogP contribution >= 0.6 is 11.3 Å². The van der Waals surface area contributed by atoms with Gasteiger partial charge in [0, 0.05) is 5.69 Å². The van der Waals surface area contributed by atoms with Gasteiger partial charge >= 0.3 is 6.03 Å². The van der Waals surface area contributed by atoms with Crippen molar-refractivity contribution in [2.75, 3.05) is 10.6 Å². The maximum atomic E-state index is 11.9. The van der Waals surface area contributed by atoms with Crippen LogP contribution in [-0.4, -0.2) is 16.2 Å². The van der Waals surface area contributed by atoms with Crippen LogP contribution in [0.15, 0.2) is 60.7 Å². The molecule has 2 amide bonds. The van der Waals surface area contributed by atoms with Crippen LogP contribution in [0, 0.1) is 0 Å². The molecule has 0 aliphatic heterocycles. The molecule has 3 rings (SSSR count). The maximum absolute atomic E-state index is 11.9. The Kier molecular flexibility index (Phi) is 4.76. The number of urea groups is 1. The van der Waals surface area contributed by atoms with Crippen molar-refractivity contribution in [1.82, 2.24) is 10.2 Å². The number of nitrogens with one attached hydrogen (secondary N) is 2. The van der Waals surface area contributed by atoms with E-state index in [0.717, 1.165) is 16.3 Å². The molecule has 0 aliphatic rings. The smallest absolute Gasteiger partial charge is 0.308 e. The van der Waals surface area contributed by atoms with Crippen LogP contribution in [0.4, 0.5) is 15.6 Å². The van der Waals surface area contributed by atoms with E-state index in [4.69, 9.17) is 0 Å². The standard InChI is InChI=1S/C17H14N4OS/c22-16(18-14-9-5-2-6-10-14)19-17-21-20-15(23-17)12-11-13-7-3-1-4-8-13/h1-12H,(H2,18,19,21,22)/b12-11+. The molecule has 2 N–H and O–H groups in total. The van der Waals surface area contributed by atoms with Crippen molar-refractivity contribution in [3.8, 4) is 0 Å². The summed E-state index contributed by atoms with van der Waals surface area (Å²) < 4.78 is 0. The van der Waals surface area contributed by atoms with E-state index in [9.17, 15) is 4.79 Å². The molecule has 0 atom stereocenters. The van der Waals surface area contributed by atoms with Crippen LogP contribution < -0.4 is 10.6 Å². The quantitative estimate of drug-likeness (QED) is 0.750. The number of para-hydroxylation sites is 1. The Morgan fingerprint density at radius 2 is 1.57 bits per heavy atom. The van der Waals surface area contributed by atoms with E-state index in [1.165, 1.54) is 11.3 Å². The number of carbonyl (C=O) groups excluding carboxylic acids is 1. The highest BCUT2D eigenvalue weighted by Crippen LogP contribution is 2.18. The molecule has 3 aromatic rings. The van der Waals surface area contributed by atoms with Crippen molar-refractivity contribution >= 4 is 40.3 Å². The molecule has 1 aromatic heterocycles. The van der Waals surface area contributed by atoms with Crippen LogP contribution in [-0.2, 0) is 0 Å². The fraction of sp³-hybridized carbons (Fsp3) is 0. The number of hydrogen-bond acceptors (Lipinski definition) is 4. The third kappa shape index (κ3) is 4.49. The molecule has 2 aromatic carbocycles. The summed E-state index contributed by atoms with van der Waals surface area (Å²) >= 11 is 1.31. The Morgan fingerprint density at radius 3 is 2.30 bits per heavy atom. The van der Waals surface area contributed by atoms with Gasteiger partial charge in [-0.2, -0.15) is 0 Å². The lowest BCUT2D eigenvalue weighted by molar-refractivity contribution is 0.262. The minimum absolute atomic E-state index is 0.342. The van der Waals surface area contributed by atoms with E-state index in [1.54, 1.807) is 0 Å². The summed E-state index contributed by atoms with van der Waals surface area (Å²) in [6, 6.07) is 18.8. The normalized spacial score (nSPS) is 10.6. The van der Waals surface area contributed by atoms with E-state index in [2.05, 4.69) is 20.8 Å². The predicted molar refractivity (Wildman–Crippen MR) is 94.4 cm³/mol. The first kappa shape index (κ1) is 14.9. The fourth-order valence-electron chi connectivity index (χ4n) is 1.87. The molecule has 0 fully saturated rings. The second-order valence-corrected chi connectivity index (χ2v) is 5.64. The van der Waals surface area contributed by atoms with E-state index >= 15 is 0 Å². The van der Waals surface area contributed by atoms with Crippen molar-refractivity contribution in [3.05, 3.63) is 71.2 Å². The van der Waals surface area contributed by atoms with Gasteiger partial charge in [-0.15, -0.1) is 10.2 Å². The van der Waals surface area contributed by atoms with Gasteiger partial charge in [-0.1, -0.05) is 65.9 Å². The number of amides is 2. The molecular weight excluding hydrogens is 308 g/mol. The molecule has 0 saturated carbocycles. The van der Waals surface area contributed by atoms with Gasteiger partial charge in [0.25, 0.3) is 0 Å². The average molecular weight is 322 g/mol. The first-order valence-corrected chi connectivity index (χ1v) is 7.81. The molecule has 6 heteroatoms. The number of carbonyl (C=O) groups is 1. The predicted octanol–water partition coefficient (Wildman–Crippen LogP) is 4.35. The van der Waals surface area contributed by atoms with Crippen molar-refractivity contribution in [1.29, 1.82) is 0 Å². The molecule has 114 valence electrons. The van der Waals surface area contributed by atoms with Crippen LogP contribution in [0.3, 0.4) is 0 Å². The zero-order valence-corrected chi connectivity index (χ0v) is 13.0. The molecule has 1 heterocycles. The van der Waals surface area contributed by atoms with Crippen LogP contribution in [0.2, 0.25) is 0 Å². The second kappa shape index (κ2) is 7.33. The Labute approximate surface area is 137 Å². The van der Waals surface area contributed by atoms with Gasteiger partial charge in [0.15, 0.2) is 0 Å². The Morgan fingerprint density at radius 1 is 0.870 bits per heavy atom. The summed E-state index contributed by atoms with van der Waals surface area (Å²) in [5.74, 6) is 0. The Bertz CT molecular complexity index is 800. The third-order valence-corrected chi connectivity index (χ3v) is 3.71. The number of benzene rings is 2. The number of nitrogens with zero attached hydrogens (tertiary/aromatic N) is 2. The SMILES string of the molecule is O=C(Nc1ccccc1)Nc1nnc(/C=C/c2ccccc2)s1. The molecular formula is C17H14N4OS. The van der Waals surface area contributed by atoms with Gasteiger partial charge in [0.2, 0.25) is 5.13 Å². The van der Waals surface area contributed by atoms with Crippen molar-refractivity contribution in [3.63, 3.8) is 0 Å². The van der Waals surface area contributed by atoms with Crippen LogP contribution in [0.25, 0.3) is 12.2 Å². The molecule has 23 heavy (non-hydrogen) atoms. The monoisotopic (exact) mass is 322 g/mol. The number of hydrogen-bond donors (Lipinski definition) is 2. The van der Waals surface area contributed by atoms with E-state index in [0.29, 0.717) is 5.13 Å². The van der Waals surface area contributed by atoms with E-state index in [1.807, 2.05) is 72.8 Å². The zero-order valence-electron chi connectivity index (χ0n) is 12.1. The average Bonchev–Trinajstić information content (AvgIpc) is 3.02. The molecule has 0 aliphatic carbocycles. The summed E-state index contributed by atoms with van der Waals surface area (Å²) in [6.45, 7) is 0. The molecule has 5 nitrogen and oxygen atoms in total. The van der Waals surface area contributed by atoms with Gasteiger partial charge < -0.3 is 5.32 Å². The largest absolute Gasteiger partial charge is 0.325 e. The third-order valence-electron chi connectivity index (χ3n) is 2.91. The summed E-state index contributed by atoms with van der Waals surface area (Å²) in [4.78, 5) is 11.9. The summed E-state index contributed by atoms with van der Waals surface area (Å²) in [6.07, 6.45) is 3.82. The van der Waals surface area contributed by atoms with Gasteiger partial charge in [0.1, 0.15) is 5.01 Å². The van der Waals surface area contributed by atoms with Gasteiger partial charge in [0.05, 0.1) is 0 Å². The summed E-state index contributed by atoms with van der Waals surface area (Å²) in [5, 5.41) is 14.6. The number of anilines is 2. The van der Waals surface area contributed by atoms with E-state index in [-0.39, 0.29) is 6.03 Å². The molecule has 0 bridgehead atoms. The lowest BCUT2D eigenvalue weighted by Crippen LogP contribution is -2.19. The summed E-state index contributed by atoms with van der Waals surface area (Å²) in [7, 11) is 0. The maximum Gasteiger partial charge on any atom is 0.325 e. The Hall–Kier alpha value is -2.99.